The molecule has 0 bridgehead atoms. The molecule has 0 atom stereocenters. The second-order valence-corrected chi connectivity index (χ2v) is 4.09. The average molecular weight is 268 g/mol. The van der Waals surface area contributed by atoms with Crippen LogP contribution in [0, 0.1) is 0 Å². The van der Waals surface area contributed by atoms with E-state index in [2.05, 4.69) is 15.3 Å². The van der Waals surface area contributed by atoms with Crippen molar-refractivity contribution in [3.05, 3.63) is 11.9 Å². The van der Waals surface area contributed by atoms with Gasteiger partial charge in [0.25, 0.3) is 0 Å². The van der Waals surface area contributed by atoms with Crippen LogP contribution in [0.25, 0.3) is 0 Å². The number of methoxy groups -OCH3 is 2. The van der Waals surface area contributed by atoms with Crippen molar-refractivity contribution in [2.45, 2.75) is 13.0 Å². The van der Waals surface area contributed by atoms with Crippen molar-refractivity contribution in [1.82, 2.24) is 20.2 Å². The minimum absolute atomic E-state index is 0.0794. The van der Waals surface area contributed by atoms with E-state index in [9.17, 15) is 4.79 Å². The maximum absolute atomic E-state index is 11.4. The SMILES string of the molecule is COc1ncnc(OC)c1CNCCC(=O)N(C)C. The van der Waals surface area contributed by atoms with E-state index in [0.29, 0.717) is 31.3 Å². The Morgan fingerprint density at radius 2 is 1.84 bits per heavy atom. The van der Waals surface area contributed by atoms with Crippen molar-refractivity contribution < 1.29 is 14.3 Å². The molecule has 19 heavy (non-hydrogen) atoms. The number of amides is 1. The van der Waals surface area contributed by atoms with Crippen LogP contribution in [0.1, 0.15) is 12.0 Å². The Hall–Kier alpha value is -1.89. The molecule has 1 amide bonds. The lowest BCUT2D eigenvalue weighted by molar-refractivity contribution is -0.128. The number of nitrogens with zero attached hydrogens (tertiary/aromatic N) is 3. The molecule has 7 nitrogen and oxygen atoms in total. The monoisotopic (exact) mass is 268 g/mol. The van der Waals surface area contributed by atoms with Gasteiger partial charge in [0.15, 0.2) is 0 Å². The van der Waals surface area contributed by atoms with Gasteiger partial charge in [-0.25, -0.2) is 9.97 Å². The van der Waals surface area contributed by atoms with Crippen molar-refractivity contribution in [3.8, 4) is 11.8 Å². The first-order valence-electron chi connectivity index (χ1n) is 5.92. The molecular weight excluding hydrogens is 248 g/mol. The summed E-state index contributed by atoms with van der Waals surface area (Å²) in [5.41, 5.74) is 0.741. The Kier molecular flexibility index (Phi) is 6.01. The largest absolute Gasteiger partial charge is 0.481 e. The zero-order valence-electron chi connectivity index (χ0n) is 11.8. The van der Waals surface area contributed by atoms with Gasteiger partial charge in [-0.15, -0.1) is 0 Å². The van der Waals surface area contributed by atoms with E-state index in [1.807, 2.05) is 0 Å². The Balaban J connectivity index is 2.55. The van der Waals surface area contributed by atoms with Crippen LogP contribution < -0.4 is 14.8 Å². The Labute approximate surface area is 112 Å². The summed E-state index contributed by atoms with van der Waals surface area (Å²) in [5, 5.41) is 3.15. The zero-order valence-corrected chi connectivity index (χ0v) is 11.8. The number of hydrogen-bond donors (Lipinski definition) is 1. The molecular formula is C12H20N4O3. The maximum atomic E-state index is 11.4. The fourth-order valence-corrected chi connectivity index (χ4v) is 1.52. The molecule has 0 aliphatic rings. The molecule has 0 saturated heterocycles. The highest BCUT2D eigenvalue weighted by Gasteiger charge is 2.12. The van der Waals surface area contributed by atoms with Crippen LogP contribution >= 0.6 is 0 Å². The summed E-state index contributed by atoms with van der Waals surface area (Å²) >= 11 is 0. The van der Waals surface area contributed by atoms with Gasteiger partial charge in [0.1, 0.15) is 6.33 Å². The lowest BCUT2D eigenvalue weighted by Crippen LogP contribution is -2.26. The first kappa shape index (κ1) is 15.2. The van der Waals surface area contributed by atoms with Crippen LogP contribution in [0.5, 0.6) is 11.8 Å². The fourth-order valence-electron chi connectivity index (χ4n) is 1.52. The predicted octanol–water partition coefficient (Wildman–Crippen LogP) is 0.0617. The van der Waals surface area contributed by atoms with Gasteiger partial charge in [0, 0.05) is 33.6 Å². The minimum atomic E-state index is 0.0794. The third-order valence-corrected chi connectivity index (χ3v) is 2.57. The number of ether oxygens (including phenoxy) is 2. The highest BCUT2D eigenvalue weighted by molar-refractivity contribution is 5.75. The summed E-state index contributed by atoms with van der Waals surface area (Å²) in [7, 11) is 6.56. The van der Waals surface area contributed by atoms with Gasteiger partial charge in [-0.05, 0) is 0 Å². The summed E-state index contributed by atoms with van der Waals surface area (Å²) in [6.45, 7) is 1.05. The van der Waals surface area contributed by atoms with Gasteiger partial charge in [-0.1, -0.05) is 0 Å². The summed E-state index contributed by atoms with van der Waals surface area (Å²) in [5.74, 6) is 1.02. The molecule has 0 radical (unpaired) electrons. The molecule has 1 aromatic heterocycles. The molecule has 106 valence electrons. The van der Waals surface area contributed by atoms with Gasteiger partial charge in [0.2, 0.25) is 17.7 Å². The van der Waals surface area contributed by atoms with Crippen molar-refractivity contribution in [2.24, 2.45) is 0 Å². The summed E-state index contributed by atoms with van der Waals surface area (Å²) < 4.78 is 10.3. The normalized spacial score (nSPS) is 10.1. The quantitative estimate of drug-likeness (QED) is 0.705. The standard InChI is InChI=1S/C12H20N4O3/c1-16(2)10(17)5-6-13-7-9-11(18-3)14-8-15-12(9)19-4/h8,13H,5-7H2,1-4H3. The molecule has 0 saturated carbocycles. The number of hydrogen-bond acceptors (Lipinski definition) is 6. The van der Waals surface area contributed by atoms with E-state index < -0.39 is 0 Å². The van der Waals surface area contributed by atoms with Gasteiger partial charge < -0.3 is 19.7 Å². The first-order valence-corrected chi connectivity index (χ1v) is 5.92. The van der Waals surface area contributed by atoms with E-state index >= 15 is 0 Å². The molecule has 1 heterocycles. The molecule has 0 aliphatic heterocycles. The molecule has 0 fully saturated rings. The number of aromatic nitrogens is 2. The second kappa shape index (κ2) is 7.52. The molecule has 1 rings (SSSR count). The van der Waals surface area contributed by atoms with Crippen LogP contribution in [0.4, 0.5) is 0 Å². The summed E-state index contributed by atoms with van der Waals surface area (Å²) in [6, 6.07) is 0. The van der Waals surface area contributed by atoms with Crippen molar-refractivity contribution in [2.75, 3.05) is 34.9 Å². The highest BCUT2D eigenvalue weighted by atomic mass is 16.5. The van der Waals surface area contributed by atoms with E-state index in [-0.39, 0.29) is 5.91 Å². The Morgan fingerprint density at radius 1 is 1.26 bits per heavy atom. The third kappa shape index (κ3) is 4.36. The van der Waals surface area contributed by atoms with Crippen molar-refractivity contribution >= 4 is 5.91 Å². The topological polar surface area (TPSA) is 76.6 Å². The van der Waals surface area contributed by atoms with Gasteiger partial charge in [-0.3, -0.25) is 4.79 Å². The smallest absolute Gasteiger partial charge is 0.224 e. The number of nitrogens with one attached hydrogen (secondary N) is 1. The lowest BCUT2D eigenvalue weighted by atomic mass is 10.3. The van der Waals surface area contributed by atoms with Crippen LogP contribution in [-0.4, -0.2) is 55.6 Å². The molecule has 0 unspecified atom stereocenters. The first-order chi connectivity index (χ1) is 9.10. The van der Waals surface area contributed by atoms with E-state index in [1.165, 1.54) is 6.33 Å². The Bertz CT molecular complexity index is 401. The number of rotatable bonds is 7. The molecule has 0 spiro atoms. The van der Waals surface area contributed by atoms with Crippen molar-refractivity contribution in [3.63, 3.8) is 0 Å². The van der Waals surface area contributed by atoms with E-state index in [0.717, 1.165) is 5.56 Å². The number of carbonyl (C=O) groups is 1. The zero-order chi connectivity index (χ0) is 14.3. The van der Waals surface area contributed by atoms with Gasteiger partial charge in [-0.2, -0.15) is 0 Å². The average Bonchev–Trinajstić information content (AvgIpc) is 2.42. The van der Waals surface area contributed by atoms with E-state index in [4.69, 9.17) is 9.47 Å². The summed E-state index contributed by atoms with van der Waals surface area (Å²) in [6.07, 6.45) is 1.82. The molecule has 7 heteroatoms. The second-order valence-electron chi connectivity index (χ2n) is 4.09. The fraction of sp³-hybridized carbons (Fsp3) is 0.583. The van der Waals surface area contributed by atoms with Crippen LogP contribution in [0.2, 0.25) is 0 Å². The molecule has 0 aromatic carbocycles. The Morgan fingerprint density at radius 3 is 2.32 bits per heavy atom. The molecule has 1 aromatic rings. The molecule has 0 aliphatic carbocycles. The third-order valence-electron chi connectivity index (χ3n) is 2.57. The van der Waals surface area contributed by atoms with Gasteiger partial charge >= 0.3 is 0 Å². The molecule has 1 N–H and O–H groups in total. The van der Waals surface area contributed by atoms with Crippen LogP contribution in [-0.2, 0) is 11.3 Å². The number of carbonyl (C=O) groups excluding carboxylic acids is 1. The van der Waals surface area contributed by atoms with E-state index in [1.54, 1.807) is 33.2 Å². The minimum Gasteiger partial charge on any atom is -0.481 e. The van der Waals surface area contributed by atoms with Gasteiger partial charge in [0.05, 0.1) is 19.8 Å². The van der Waals surface area contributed by atoms with Crippen LogP contribution in [0.15, 0.2) is 6.33 Å². The maximum Gasteiger partial charge on any atom is 0.224 e. The van der Waals surface area contributed by atoms with Crippen LogP contribution in [0.3, 0.4) is 0 Å². The van der Waals surface area contributed by atoms with Crippen molar-refractivity contribution in [1.29, 1.82) is 0 Å². The predicted molar refractivity (Wildman–Crippen MR) is 70.2 cm³/mol. The highest BCUT2D eigenvalue weighted by Crippen LogP contribution is 2.22. The lowest BCUT2D eigenvalue weighted by Gasteiger charge is -2.12. The summed E-state index contributed by atoms with van der Waals surface area (Å²) in [4.78, 5) is 21.0.